The molecule has 1 N–H and O–H groups in total. The molecule has 0 spiro atoms. The molecule has 5 rings (SSSR count). The van der Waals surface area contributed by atoms with E-state index in [1.165, 1.54) is 19.3 Å². The van der Waals surface area contributed by atoms with E-state index in [0.29, 0.717) is 12.0 Å². The molecule has 1 saturated heterocycles. The Balaban J connectivity index is 1.50. The van der Waals surface area contributed by atoms with Crippen molar-refractivity contribution in [3.8, 4) is 0 Å². The third-order valence-electron chi connectivity index (χ3n) is 6.67. The predicted octanol–water partition coefficient (Wildman–Crippen LogP) is 1.67. The van der Waals surface area contributed by atoms with Crippen LogP contribution in [-0.4, -0.2) is 23.9 Å². The summed E-state index contributed by atoms with van der Waals surface area (Å²) in [5.74, 6) is 6.26. The highest BCUT2D eigenvalue weighted by molar-refractivity contribution is 5.14. The van der Waals surface area contributed by atoms with Gasteiger partial charge < -0.3 is 9.84 Å². The molecule has 1 heterocycles. The molecule has 4 bridgehead atoms. The van der Waals surface area contributed by atoms with Crippen molar-refractivity contribution >= 4 is 0 Å². The van der Waals surface area contributed by atoms with Gasteiger partial charge in [0.05, 0.1) is 18.8 Å². The summed E-state index contributed by atoms with van der Waals surface area (Å²) >= 11 is 0. The first kappa shape index (κ1) is 8.93. The predicted molar refractivity (Wildman–Crippen MR) is 58.6 cm³/mol. The molecule has 4 aliphatic carbocycles. The summed E-state index contributed by atoms with van der Waals surface area (Å²) in [7, 11) is 0. The van der Waals surface area contributed by atoms with Gasteiger partial charge in [0.1, 0.15) is 0 Å². The van der Waals surface area contributed by atoms with Crippen molar-refractivity contribution in [2.75, 3.05) is 6.61 Å². The Labute approximate surface area is 96.4 Å². The molecule has 16 heavy (non-hydrogen) atoms. The molecule has 5 fully saturated rings. The van der Waals surface area contributed by atoms with Crippen LogP contribution in [0.2, 0.25) is 0 Å². The van der Waals surface area contributed by atoms with Gasteiger partial charge in [0, 0.05) is 0 Å². The van der Waals surface area contributed by atoms with Crippen molar-refractivity contribution in [1.29, 1.82) is 0 Å². The topological polar surface area (TPSA) is 32.8 Å². The monoisotopic (exact) mass is 220 g/mol. The zero-order valence-corrected chi connectivity index (χ0v) is 9.59. The number of hydrogen-bond acceptors (Lipinski definition) is 2. The van der Waals surface area contributed by atoms with Crippen LogP contribution in [0.15, 0.2) is 0 Å². The Kier molecular flexibility index (Phi) is 1.49. The average molecular weight is 220 g/mol. The zero-order chi connectivity index (χ0) is 10.4. The first-order valence-corrected chi connectivity index (χ1v) is 7.12. The highest BCUT2D eigenvalue weighted by atomic mass is 16.6. The van der Waals surface area contributed by atoms with Gasteiger partial charge in [-0.05, 0) is 67.1 Å². The fourth-order valence-electron chi connectivity index (χ4n) is 6.35. The summed E-state index contributed by atoms with van der Waals surface area (Å²) in [5.41, 5.74) is 0. The van der Waals surface area contributed by atoms with Crippen molar-refractivity contribution in [3.63, 3.8) is 0 Å². The SMILES string of the molecule is OC1CC2CC1C1C3CC(CC3C3CO3)C21. The Bertz CT molecular complexity index is 338. The molecule has 0 aromatic rings. The first-order chi connectivity index (χ1) is 7.83. The van der Waals surface area contributed by atoms with Crippen LogP contribution in [0.1, 0.15) is 25.7 Å². The van der Waals surface area contributed by atoms with Gasteiger partial charge >= 0.3 is 0 Å². The van der Waals surface area contributed by atoms with Crippen molar-refractivity contribution in [3.05, 3.63) is 0 Å². The third kappa shape index (κ3) is 0.896. The van der Waals surface area contributed by atoms with Gasteiger partial charge in [-0.2, -0.15) is 0 Å². The van der Waals surface area contributed by atoms with Gasteiger partial charge in [0.2, 0.25) is 0 Å². The smallest absolute Gasteiger partial charge is 0.0840 e. The van der Waals surface area contributed by atoms with Gasteiger partial charge in [0.25, 0.3) is 0 Å². The maximum atomic E-state index is 10.1. The molecular formula is C14H20O2. The van der Waals surface area contributed by atoms with Crippen molar-refractivity contribution < 1.29 is 9.84 Å². The quantitative estimate of drug-likeness (QED) is 0.538. The number of aliphatic hydroxyl groups is 1. The minimum absolute atomic E-state index is 0.0476. The second kappa shape index (κ2) is 2.67. The van der Waals surface area contributed by atoms with Crippen LogP contribution in [0, 0.1) is 41.4 Å². The molecule has 88 valence electrons. The largest absolute Gasteiger partial charge is 0.393 e. The number of ether oxygens (including phenoxy) is 1. The lowest BCUT2D eigenvalue weighted by Crippen LogP contribution is -2.39. The van der Waals surface area contributed by atoms with Crippen molar-refractivity contribution in [1.82, 2.24) is 0 Å². The summed E-state index contributed by atoms with van der Waals surface area (Å²) in [5, 5.41) is 10.1. The molecule has 0 aromatic heterocycles. The van der Waals surface area contributed by atoms with Crippen molar-refractivity contribution in [2.45, 2.75) is 37.9 Å². The van der Waals surface area contributed by atoms with Crippen LogP contribution < -0.4 is 0 Å². The minimum Gasteiger partial charge on any atom is -0.393 e. The first-order valence-electron chi connectivity index (χ1n) is 7.12. The van der Waals surface area contributed by atoms with Gasteiger partial charge in [0.15, 0.2) is 0 Å². The molecule has 9 atom stereocenters. The number of aliphatic hydroxyl groups excluding tert-OH is 1. The lowest BCUT2D eigenvalue weighted by Gasteiger charge is -2.40. The Morgan fingerprint density at radius 2 is 1.50 bits per heavy atom. The number of epoxide rings is 1. The third-order valence-corrected chi connectivity index (χ3v) is 6.67. The summed E-state index contributed by atoms with van der Waals surface area (Å²) in [6.07, 6.45) is 6.06. The second-order valence-corrected chi connectivity index (χ2v) is 7.05. The molecule has 2 heteroatoms. The van der Waals surface area contributed by atoms with E-state index in [1.807, 2.05) is 0 Å². The lowest BCUT2D eigenvalue weighted by molar-refractivity contribution is 0.00914. The van der Waals surface area contributed by atoms with Crippen LogP contribution in [0.25, 0.3) is 0 Å². The Morgan fingerprint density at radius 3 is 2.31 bits per heavy atom. The van der Waals surface area contributed by atoms with Gasteiger partial charge in [-0.3, -0.25) is 0 Å². The van der Waals surface area contributed by atoms with E-state index in [1.54, 1.807) is 0 Å². The number of rotatable bonds is 1. The van der Waals surface area contributed by atoms with Gasteiger partial charge in [-0.15, -0.1) is 0 Å². The van der Waals surface area contributed by atoms with Crippen LogP contribution in [-0.2, 0) is 4.74 Å². The van der Waals surface area contributed by atoms with E-state index < -0.39 is 0 Å². The van der Waals surface area contributed by atoms with E-state index >= 15 is 0 Å². The standard InChI is InChI=1S/C14H20O2/c15-11-4-7-3-10(11)14-9-2-6(13(7)14)1-8(9)12-5-16-12/h6-15H,1-5H2. The molecule has 0 aromatic carbocycles. The molecule has 9 unspecified atom stereocenters. The maximum absolute atomic E-state index is 10.1. The average Bonchev–Trinajstić information content (AvgIpc) is 2.69. The minimum atomic E-state index is 0.0476. The van der Waals surface area contributed by atoms with E-state index in [-0.39, 0.29) is 6.10 Å². The molecule has 2 nitrogen and oxygen atoms in total. The normalized spacial score (nSPS) is 69.9. The van der Waals surface area contributed by atoms with Crippen LogP contribution in [0.5, 0.6) is 0 Å². The molecule has 4 saturated carbocycles. The van der Waals surface area contributed by atoms with Crippen LogP contribution in [0.4, 0.5) is 0 Å². The highest BCUT2D eigenvalue weighted by Crippen LogP contribution is 2.69. The van der Waals surface area contributed by atoms with E-state index in [2.05, 4.69) is 0 Å². The molecule has 0 amide bonds. The number of fused-ring (bicyclic) bond motifs is 9. The van der Waals surface area contributed by atoms with Crippen LogP contribution in [0.3, 0.4) is 0 Å². The summed E-state index contributed by atoms with van der Waals surface area (Å²) < 4.78 is 5.54. The van der Waals surface area contributed by atoms with Crippen LogP contribution >= 0.6 is 0 Å². The lowest BCUT2D eigenvalue weighted by atomic mass is 9.66. The van der Waals surface area contributed by atoms with E-state index in [4.69, 9.17) is 4.74 Å². The molecule has 0 radical (unpaired) electrons. The fourth-order valence-corrected chi connectivity index (χ4v) is 6.35. The highest BCUT2D eigenvalue weighted by Gasteiger charge is 2.66. The second-order valence-electron chi connectivity index (χ2n) is 7.05. The van der Waals surface area contributed by atoms with E-state index in [0.717, 1.165) is 48.5 Å². The summed E-state index contributed by atoms with van der Waals surface area (Å²) in [6, 6.07) is 0. The summed E-state index contributed by atoms with van der Waals surface area (Å²) in [4.78, 5) is 0. The molecular weight excluding hydrogens is 200 g/mol. The van der Waals surface area contributed by atoms with E-state index in [9.17, 15) is 5.11 Å². The fraction of sp³-hybridized carbons (Fsp3) is 1.00. The zero-order valence-electron chi connectivity index (χ0n) is 9.59. The van der Waals surface area contributed by atoms with Gasteiger partial charge in [-0.25, -0.2) is 0 Å². The van der Waals surface area contributed by atoms with Crippen molar-refractivity contribution in [2.24, 2.45) is 41.4 Å². The Morgan fingerprint density at radius 1 is 0.812 bits per heavy atom. The molecule has 5 aliphatic rings. The molecule has 1 aliphatic heterocycles. The number of hydrogen-bond donors (Lipinski definition) is 1. The summed E-state index contributed by atoms with van der Waals surface area (Å²) in [6.45, 7) is 1.03. The Hall–Kier alpha value is -0.0800. The maximum Gasteiger partial charge on any atom is 0.0840 e. The van der Waals surface area contributed by atoms with Gasteiger partial charge in [-0.1, -0.05) is 0 Å².